The van der Waals surface area contributed by atoms with Crippen molar-refractivity contribution < 1.29 is 9.18 Å². The minimum atomic E-state index is -0.363. The minimum absolute atomic E-state index is 0.0248. The molecule has 2 fully saturated rings. The van der Waals surface area contributed by atoms with Crippen molar-refractivity contribution in [1.82, 2.24) is 4.90 Å². The van der Waals surface area contributed by atoms with Gasteiger partial charge in [-0.3, -0.25) is 4.79 Å². The highest BCUT2D eigenvalue weighted by Crippen LogP contribution is 2.37. The van der Waals surface area contributed by atoms with Crippen molar-refractivity contribution in [2.24, 2.45) is 5.92 Å². The average molecular weight is 276 g/mol. The van der Waals surface area contributed by atoms with Gasteiger partial charge in [0.2, 0.25) is 0 Å². The van der Waals surface area contributed by atoms with Crippen LogP contribution in [0.2, 0.25) is 0 Å². The van der Waals surface area contributed by atoms with Gasteiger partial charge >= 0.3 is 0 Å². The number of anilines is 1. The molecule has 1 aliphatic carbocycles. The Bertz CT molecular complexity index is 517. The molecule has 108 valence electrons. The summed E-state index contributed by atoms with van der Waals surface area (Å²) in [7, 11) is 1.66. The predicted molar refractivity (Wildman–Crippen MR) is 77.3 cm³/mol. The summed E-state index contributed by atoms with van der Waals surface area (Å²) in [4.78, 5) is 14.7. The lowest BCUT2D eigenvalue weighted by Crippen LogP contribution is -2.39. The molecule has 1 saturated heterocycles. The summed E-state index contributed by atoms with van der Waals surface area (Å²) in [6.07, 6.45) is 5.91. The van der Waals surface area contributed by atoms with E-state index in [-0.39, 0.29) is 11.7 Å². The van der Waals surface area contributed by atoms with Crippen LogP contribution in [0.25, 0.3) is 0 Å². The van der Waals surface area contributed by atoms with Gasteiger partial charge in [-0.25, -0.2) is 4.39 Å². The smallest absolute Gasteiger partial charge is 0.256 e. The summed E-state index contributed by atoms with van der Waals surface area (Å²) in [5.74, 6) is 0.264. The highest BCUT2D eigenvalue weighted by atomic mass is 19.1. The Labute approximate surface area is 119 Å². The summed E-state index contributed by atoms with van der Waals surface area (Å²) in [6.45, 7) is 0.813. The highest BCUT2D eigenvalue weighted by Gasteiger charge is 2.38. The second kappa shape index (κ2) is 5.43. The topological polar surface area (TPSA) is 32.3 Å². The number of benzene rings is 1. The number of amides is 1. The van der Waals surface area contributed by atoms with Crippen molar-refractivity contribution >= 4 is 11.6 Å². The fourth-order valence-corrected chi connectivity index (χ4v) is 3.77. The van der Waals surface area contributed by atoms with Crippen molar-refractivity contribution in [3.63, 3.8) is 0 Å². The van der Waals surface area contributed by atoms with Gasteiger partial charge in [0.05, 0.1) is 11.3 Å². The largest absolute Gasteiger partial charge is 0.385 e. The van der Waals surface area contributed by atoms with E-state index in [2.05, 4.69) is 5.32 Å². The second-order valence-electron chi connectivity index (χ2n) is 5.81. The molecule has 1 aromatic rings. The number of nitrogens with zero attached hydrogens (tertiary/aromatic N) is 1. The van der Waals surface area contributed by atoms with E-state index in [1.807, 2.05) is 4.90 Å². The van der Waals surface area contributed by atoms with Gasteiger partial charge < -0.3 is 10.2 Å². The van der Waals surface area contributed by atoms with E-state index < -0.39 is 0 Å². The molecular formula is C16H21FN2O. The van der Waals surface area contributed by atoms with E-state index in [0.717, 1.165) is 19.4 Å². The number of nitrogens with one attached hydrogen (secondary N) is 1. The van der Waals surface area contributed by atoms with Crippen LogP contribution in [0.15, 0.2) is 18.2 Å². The first-order valence-corrected chi connectivity index (χ1v) is 7.49. The maximum absolute atomic E-state index is 13.8. The Morgan fingerprint density at radius 2 is 2.10 bits per heavy atom. The van der Waals surface area contributed by atoms with E-state index >= 15 is 0 Å². The van der Waals surface area contributed by atoms with Crippen molar-refractivity contribution in [1.29, 1.82) is 0 Å². The Hall–Kier alpha value is -1.58. The third-order valence-corrected chi connectivity index (χ3v) is 4.76. The molecule has 2 atom stereocenters. The predicted octanol–water partition coefficient (Wildman–Crippen LogP) is 3.27. The lowest BCUT2D eigenvalue weighted by atomic mass is 9.85. The number of hydrogen-bond donors (Lipinski definition) is 1. The molecule has 3 rings (SSSR count). The fraction of sp³-hybridized carbons (Fsp3) is 0.562. The zero-order valence-corrected chi connectivity index (χ0v) is 11.9. The van der Waals surface area contributed by atoms with Gasteiger partial charge in [-0.1, -0.05) is 18.9 Å². The van der Waals surface area contributed by atoms with Crippen molar-refractivity contribution in [3.8, 4) is 0 Å². The SMILES string of the molecule is CNc1c(F)cccc1C(=O)N1CCC2CCCCC21. The quantitative estimate of drug-likeness (QED) is 0.899. The van der Waals surface area contributed by atoms with E-state index in [4.69, 9.17) is 0 Å². The van der Waals surface area contributed by atoms with Crippen LogP contribution in [0.5, 0.6) is 0 Å². The van der Waals surface area contributed by atoms with Gasteiger partial charge in [0.1, 0.15) is 5.82 Å². The third kappa shape index (κ3) is 2.17. The highest BCUT2D eigenvalue weighted by molar-refractivity contribution is 6.00. The van der Waals surface area contributed by atoms with Crippen LogP contribution >= 0.6 is 0 Å². The number of fused-ring (bicyclic) bond motifs is 1. The molecule has 1 aliphatic heterocycles. The van der Waals surface area contributed by atoms with Crippen molar-refractivity contribution in [2.75, 3.05) is 18.9 Å². The first-order valence-electron chi connectivity index (χ1n) is 7.49. The molecule has 2 aliphatic rings. The second-order valence-corrected chi connectivity index (χ2v) is 5.81. The van der Waals surface area contributed by atoms with Crippen LogP contribution in [-0.4, -0.2) is 30.4 Å². The fourth-order valence-electron chi connectivity index (χ4n) is 3.77. The van der Waals surface area contributed by atoms with Crippen LogP contribution in [0.1, 0.15) is 42.5 Å². The number of para-hydroxylation sites is 1. The monoisotopic (exact) mass is 276 g/mol. The number of likely N-dealkylation sites (tertiary alicyclic amines) is 1. The molecule has 1 N–H and O–H groups in total. The molecule has 1 heterocycles. The number of halogens is 1. The van der Waals surface area contributed by atoms with Crippen LogP contribution in [0, 0.1) is 11.7 Å². The normalized spacial score (nSPS) is 25.4. The summed E-state index contributed by atoms with van der Waals surface area (Å²) < 4.78 is 13.8. The molecule has 0 bridgehead atoms. The van der Waals surface area contributed by atoms with Crippen molar-refractivity contribution in [2.45, 2.75) is 38.1 Å². The van der Waals surface area contributed by atoms with Gasteiger partial charge in [-0.2, -0.15) is 0 Å². The number of hydrogen-bond acceptors (Lipinski definition) is 2. The zero-order valence-electron chi connectivity index (χ0n) is 11.9. The number of carbonyl (C=O) groups is 1. The Morgan fingerprint density at radius 1 is 1.30 bits per heavy atom. The Balaban J connectivity index is 1.88. The van der Waals surface area contributed by atoms with E-state index in [1.54, 1.807) is 19.2 Å². The van der Waals surface area contributed by atoms with Crippen LogP contribution in [0.4, 0.5) is 10.1 Å². The Morgan fingerprint density at radius 3 is 2.90 bits per heavy atom. The zero-order chi connectivity index (χ0) is 14.1. The first kappa shape index (κ1) is 13.4. The van der Waals surface area contributed by atoms with Gasteiger partial charge in [0, 0.05) is 19.6 Å². The van der Waals surface area contributed by atoms with Crippen LogP contribution in [-0.2, 0) is 0 Å². The summed E-state index contributed by atoms with van der Waals surface area (Å²) >= 11 is 0. The van der Waals surface area contributed by atoms with Gasteiger partial charge in [-0.05, 0) is 37.3 Å². The van der Waals surface area contributed by atoms with Crippen LogP contribution < -0.4 is 5.32 Å². The molecule has 0 radical (unpaired) electrons. The first-order chi connectivity index (χ1) is 9.72. The van der Waals surface area contributed by atoms with E-state index in [9.17, 15) is 9.18 Å². The lowest BCUT2D eigenvalue weighted by Gasteiger charge is -2.32. The van der Waals surface area contributed by atoms with Crippen molar-refractivity contribution in [3.05, 3.63) is 29.6 Å². The Kier molecular flexibility index (Phi) is 3.64. The van der Waals surface area contributed by atoms with Crippen LogP contribution in [0.3, 0.4) is 0 Å². The summed E-state index contributed by atoms with van der Waals surface area (Å²) in [6, 6.07) is 5.07. The maximum Gasteiger partial charge on any atom is 0.256 e. The summed E-state index contributed by atoms with van der Waals surface area (Å²) in [5, 5.41) is 2.82. The molecule has 1 amide bonds. The standard InChI is InChI=1S/C16H21FN2O/c1-18-15-12(6-4-7-13(15)17)16(20)19-10-9-11-5-2-3-8-14(11)19/h4,6-7,11,14,18H,2-3,5,8-10H2,1H3. The van der Waals surface area contributed by atoms with E-state index in [1.165, 1.54) is 25.3 Å². The molecule has 4 heteroatoms. The maximum atomic E-state index is 13.8. The molecular weight excluding hydrogens is 255 g/mol. The molecule has 0 spiro atoms. The van der Waals surface area contributed by atoms with Gasteiger partial charge in [0.25, 0.3) is 5.91 Å². The minimum Gasteiger partial charge on any atom is -0.385 e. The van der Waals surface area contributed by atoms with Gasteiger partial charge in [0.15, 0.2) is 0 Å². The van der Waals surface area contributed by atoms with E-state index in [0.29, 0.717) is 23.2 Å². The molecule has 1 saturated carbocycles. The number of rotatable bonds is 2. The molecule has 0 aromatic heterocycles. The number of carbonyl (C=O) groups excluding carboxylic acids is 1. The molecule has 2 unspecified atom stereocenters. The van der Waals surface area contributed by atoms with Gasteiger partial charge in [-0.15, -0.1) is 0 Å². The third-order valence-electron chi connectivity index (χ3n) is 4.76. The molecule has 3 nitrogen and oxygen atoms in total. The summed E-state index contributed by atoms with van der Waals surface area (Å²) in [5.41, 5.74) is 0.774. The molecule has 20 heavy (non-hydrogen) atoms. The molecule has 1 aromatic carbocycles. The average Bonchev–Trinajstić information content (AvgIpc) is 2.90. The lowest BCUT2D eigenvalue weighted by molar-refractivity contribution is 0.0690.